The molecule has 0 atom stereocenters. The van der Waals surface area contributed by atoms with Crippen molar-refractivity contribution in [2.45, 2.75) is 12.8 Å². The highest BCUT2D eigenvalue weighted by atomic mass is 32.2. The van der Waals surface area contributed by atoms with Crippen molar-refractivity contribution >= 4 is 22.2 Å². The molecule has 0 aromatic heterocycles. The summed E-state index contributed by atoms with van der Waals surface area (Å²) in [5, 5.41) is 3.43. The van der Waals surface area contributed by atoms with E-state index in [0.717, 1.165) is 31.1 Å². The number of fused-ring (bicyclic) bond motifs is 1. The molecule has 0 amide bonds. The molecule has 1 aromatic rings. The average molecular weight is 250 g/mol. The van der Waals surface area contributed by atoms with Gasteiger partial charge in [-0.1, -0.05) is 0 Å². The van der Waals surface area contributed by atoms with E-state index in [1.54, 1.807) is 0 Å². The van der Waals surface area contributed by atoms with Gasteiger partial charge in [0.2, 0.25) is 0 Å². The Bertz CT molecular complexity index is 437. The van der Waals surface area contributed by atoms with Crippen LogP contribution in [-0.4, -0.2) is 35.3 Å². The summed E-state index contributed by atoms with van der Waals surface area (Å²) in [6.07, 6.45) is 2.40. The first-order chi connectivity index (χ1) is 8.33. The Labute approximate surface area is 105 Å². The van der Waals surface area contributed by atoms with Crippen LogP contribution in [0.5, 0.6) is 0 Å². The SMILES string of the molecule is O=S1CCN(c2ccc3c(c2)CCCN3)CC1. The minimum atomic E-state index is -0.591. The molecule has 0 aliphatic carbocycles. The van der Waals surface area contributed by atoms with Crippen LogP contribution in [0.1, 0.15) is 12.0 Å². The Morgan fingerprint density at radius 1 is 1.24 bits per heavy atom. The number of aryl methyl sites for hydroxylation is 1. The average Bonchev–Trinajstić information content (AvgIpc) is 2.39. The van der Waals surface area contributed by atoms with Gasteiger partial charge in [-0.3, -0.25) is 4.21 Å². The highest BCUT2D eigenvalue weighted by Crippen LogP contribution is 2.27. The van der Waals surface area contributed by atoms with Gasteiger partial charge < -0.3 is 10.2 Å². The monoisotopic (exact) mass is 250 g/mol. The van der Waals surface area contributed by atoms with Crippen LogP contribution >= 0.6 is 0 Å². The van der Waals surface area contributed by atoms with Crippen LogP contribution in [0.15, 0.2) is 18.2 Å². The first-order valence-corrected chi connectivity index (χ1v) is 7.78. The summed E-state index contributed by atoms with van der Waals surface area (Å²) in [6.45, 7) is 2.95. The first-order valence-electron chi connectivity index (χ1n) is 6.30. The van der Waals surface area contributed by atoms with Crippen LogP contribution in [0.4, 0.5) is 11.4 Å². The van der Waals surface area contributed by atoms with E-state index in [2.05, 4.69) is 28.4 Å². The van der Waals surface area contributed by atoms with Crippen molar-refractivity contribution in [3.05, 3.63) is 23.8 Å². The van der Waals surface area contributed by atoms with Gasteiger partial charge in [-0.25, -0.2) is 0 Å². The number of hydrogen-bond acceptors (Lipinski definition) is 3. The third-order valence-electron chi connectivity index (χ3n) is 3.57. The largest absolute Gasteiger partial charge is 0.385 e. The van der Waals surface area contributed by atoms with Gasteiger partial charge in [-0.2, -0.15) is 0 Å². The third-order valence-corrected chi connectivity index (χ3v) is 4.85. The number of benzene rings is 1. The van der Waals surface area contributed by atoms with Crippen molar-refractivity contribution in [3.63, 3.8) is 0 Å². The second-order valence-electron chi connectivity index (χ2n) is 4.71. The van der Waals surface area contributed by atoms with Crippen molar-refractivity contribution in [1.29, 1.82) is 0 Å². The second kappa shape index (κ2) is 4.69. The predicted octanol–water partition coefficient (Wildman–Crippen LogP) is 1.61. The molecule has 4 heteroatoms. The maximum Gasteiger partial charge on any atom is 0.0411 e. The molecule has 2 heterocycles. The maximum absolute atomic E-state index is 11.3. The zero-order valence-corrected chi connectivity index (χ0v) is 10.8. The third kappa shape index (κ3) is 2.32. The molecule has 3 nitrogen and oxygen atoms in total. The van der Waals surface area contributed by atoms with E-state index in [4.69, 9.17) is 0 Å². The topological polar surface area (TPSA) is 32.3 Å². The van der Waals surface area contributed by atoms with Gasteiger partial charge in [0.1, 0.15) is 0 Å². The molecule has 0 unspecified atom stereocenters. The van der Waals surface area contributed by atoms with Crippen molar-refractivity contribution in [2.75, 3.05) is 41.4 Å². The Hall–Kier alpha value is -1.03. The zero-order valence-electron chi connectivity index (χ0n) is 9.95. The van der Waals surface area contributed by atoms with E-state index in [-0.39, 0.29) is 0 Å². The molecule has 1 fully saturated rings. The molecule has 2 aliphatic rings. The maximum atomic E-state index is 11.3. The standard InChI is InChI=1S/C13H18N2OS/c16-17-8-6-15(7-9-17)12-3-4-13-11(10-12)2-1-5-14-13/h3-4,10,14H,1-2,5-9H2. The van der Waals surface area contributed by atoms with E-state index in [0.29, 0.717) is 0 Å². The molecular weight excluding hydrogens is 232 g/mol. The fourth-order valence-corrected chi connectivity index (χ4v) is 3.61. The van der Waals surface area contributed by atoms with Gasteiger partial charge in [-0.05, 0) is 36.6 Å². The Balaban J connectivity index is 1.81. The summed E-state index contributed by atoms with van der Waals surface area (Å²) in [6, 6.07) is 6.68. The van der Waals surface area contributed by atoms with Gasteiger partial charge in [0.25, 0.3) is 0 Å². The quantitative estimate of drug-likeness (QED) is 0.822. The van der Waals surface area contributed by atoms with Crippen LogP contribution in [-0.2, 0) is 17.2 Å². The molecule has 0 saturated carbocycles. The number of rotatable bonds is 1. The molecule has 0 radical (unpaired) electrons. The van der Waals surface area contributed by atoms with E-state index in [1.165, 1.54) is 29.8 Å². The molecule has 1 saturated heterocycles. The van der Waals surface area contributed by atoms with E-state index in [1.807, 2.05) is 0 Å². The minimum absolute atomic E-state index is 0.591. The Kier molecular flexibility index (Phi) is 3.05. The zero-order chi connectivity index (χ0) is 11.7. The van der Waals surface area contributed by atoms with Gasteiger partial charge in [0, 0.05) is 53.3 Å². The summed E-state index contributed by atoms with van der Waals surface area (Å²) in [5.41, 5.74) is 4.02. The molecule has 3 rings (SSSR count). The molecular formula is C13H18N2OS. The smallest absolute Gasteiger partial charge is 0.0411 e. The van der Waals surface area contributed by atoms with Crippen LogP contribution in [0.25, 0.3) is 0 Å². The van der Waals surface area contributed by atoms with E-state index >= 15 is 0 Å². The van der Waals surface area contributed by atoms with Crippen LogP contribution in [0, 0.1) is 0 Å². The van der Waals surface area contributed by atoms with Crippen molar-refractivity contribution < 1.29 is 4.21 Å². The molecule has 1 N–H and O–H groups in total. The Morgan fingerprint density at radius 3 is 2.88 bits per heavy atom. The summed E-state index contributed by atoms with van der Waals surface area (Å²) in [7, 11) is -0.591. The van der Waals surface area contributed by atoms with E-state index < -0.39 is 10.8 Å². The summed E-state index contributed by atoms with van der Waals surface area (Å²) in [4.78, 5) is 2.36. The lowest BCUT2D eigenvalue weighted by atomic mass is 10.0. The normalized spacial score (nSPS) is 20.8. The second-order valence-corrected chi connectivity index (χ2v) is 6.40. The minimum Gasteiger partial charge on any atom is -0.385 e. The van der Waals surface area contributed by atoms with Crippen LogP contribution in [0.2, 0.25) is 0 Å². The van der Waals surface area contributed by atoms with Gasteiger partial charge in [-0.15, -0.1) is 0 Å². The fourth-order valence-electron chi connectivity index (χ4n) is 2.55. The summed E-state index contributed by atoms with van der Waals surface area (Å²) < 4.78 is 11.3. The van der Waals surface area contributed by atoms with E-state index in [9.17, 15) is 4.21 Å². The predicted molar refractivity (Wildman–Crippen MR) is 73.3 cm³/mol. The van der Waals surface area contributed by atoms with Crippen molar-refractivity contribution in [2.24, 2.45) is 0 Å². The van der Waals surface area contributed by atoms with Crippen molar-refractivity contribution in [3.8, 4) is 0 Å². The molecule has 1 aromatic carbocycles. The summed E-state index contributed by atoms with van der Waals surface area (Å²) >= 11 is 0. The highest BCUT2D eigenvalue weighted by Gasteiger charge is 2.17. The van der Waals surface area contributed by atoms with Crippen LogP contribution < -0.4 is 10.2 Å². The van der Waals surface area contributed by atoms with Crippen molar-refractivity contribution in [1.82, 2.24) is 0 Å². The lowest BCUT2D eigenvalue weighted by molar-refractivity contribution is 0.673. The summed E-state index contributed by atoms with van der Waals surface area (Å²) in [5.74, 6) is 1.63. The Morgan fingerprint density at radius 2 is 2.06 bits per heavy atom. The molecule has 92 valence electrons. The van der Waals surface area contributed by atoms with Crippen LogP contribution in [0.3, 0.4) is 0 Å². The lowest BCUT2D eigenvalue weighted by Crippen LogP contribution is -2.37. The molecule has 0 spiro atoms. The number of nitrogens with one attached hydrogen (secondary N) is 1. The number of nitrogens with zero attached hydrogens (tertiary/aromatic N) is 1. The fraction of sp³-hybridized carbons (Fsp3) is 0.538. The highest BCUT2D eigenvalue weighted by molar-refractivity contribution is 7.85. The number of anilines is 2. The lowest BCUT2D eigenvalue weighted by Gasteiger charge is -2.30. The molecule has 2 aliphatic heterocycles. The van der Waals surface area contributed by atoms with Gasteiger partial charge >= 0.3 is 0 Å². The van der Waals surface area contributed by atoms with Gasteiger partial charge in [0.15, 0.2) is 0 Å². The first kappa shape index (κ1) is 11.1. The molecule has 0 bridgehead atoms. The molecule has 17 heavy (non-hydrogen) atoms. The number of hydrogen-bond donors (Lipinski definition) is 1. The van der Waals surface area contributed by atoms with Gasteiger partial charge in [0.05, 0.1) is 0 Å².